The van der Waals surface area contributed by atoms with E-state index < -0.39 is 0 Å². The molecule has 0 spiro atoms. The Morgan fingerprint density at radius 2 is 2.25 bits per heavy atom. The van der Waals surface area contributed by atoms with Gasteiger partial charge in [-0.1, -0.05) is 25.9 Å². The SMILES string of the molecule is CCCc1noc(CCC(=O)NC2CC(O)C2(C)C)n1. The monoisotopic (exact) mass is 281 g/mol. The number of aliphatic hydroxyl groups excluding tert-OH is 1. The molecule has 1 heterocycles. The van der Waals surface area contributed by atoms with Gasteiger partial charge >= 0.3 is 0 Å². The van der Waals surface area contributed by atoms with Gasteiger partial charge in [-0.15, -0.1) is 0 Å². The molecule has 0 aromatic carbocycles. The first kappa shape index (κ1) is 15.0. The van der Waals surface area contributed by atoms with Gasteiger partial charge in [-0.05, 0) is 12.8 Å². The standard InChI is InChI=1S/C14H23N3O3/c1-4-5-11-16-13(20-17-11)7-6-12(19)15-9-8-10(18)14(9,2)3/h9-10,18H,4-8H2,1-3H3,(H,15,19). The van der Waals surface area contributed by atoms with Crippen molar-refractivity contribution in [3.8, 4) is 0 Å². The molecule has 1 aromatic heterocycles. The molecule has 1 saturated carbocycles. The molecule has 2 unspecified atom stereocenters. The lowest BCUT2D eigenvalue weighted by Gasteiger charge is -2.49. The number of hydrogen-bond donors (Lipinski definition) is 2. The van der Waals surface area contributed by atoms with Crippen LogP contribution in [0.15, 0.2) is 4.52 Å². The van der Waals surface area contributed by atoms with Crippen LogP contribution in [0.3, 0.4) is 0 Å². The summed E-state index contributed by atoms with van der Waals surface area (Å²) in [4.78, 5) is 16.1. The molecule has 0 saturated heterocycles. The van der Waals surface area contributed by atoms with E-state index >= 15 is 0 Å². The van der Waals surface area contributed by atoms with Crippen LogP contribution < -0.4 is 5.32 Å². The quantitative estimate of drug-likeness (QED) is 0.818. The van der Waals surface area contributed by atoms with Crippen LogP contribution in [-0.4, -0.2) is 33.3 Å². The van der Waals surface area contributed by atoms with Gasteiger partial charge in [0.25, 0.3) is 0 Å². The maximum Gasteiger partial charge on any atom is 0.227 e. The molecule has 1 amide bonds. The number of aryl methyl sites for hydroxylation is 2. The van der Waals surface area contributed by atoms with Crippen LogP contribution in [0, 0.1) is 5.41 Å². The van der Waals surface area contributed by atoms with Crippen LogP contribution in [0.5, 0.6) is 0 Å². The van der Waals surface area contributed by atoms with Crippen LogP contribution >= 0.6 is 0 Å². The average Bonchev–Trinajstić information content (AvgIpc) is 2.84. The van der Waals surface area contributed by atoms with Gasteiger partial charge in [-0.25, -0.2) is 0 Å². The molecular formula is C14H23N3O3. The zero-order valence-electron chi connectivity index (χ0n) is 12.3. The largest absolute Gasteiger partial charge is 0.392 e. The Hall–Kier alpha value is -1.43. The zero-order valence-corrected chi connectivity index (χ0v) is 12.3. The van der Waals surface area contributed by atoms with Crippen molar-refractivity contribution in [3.05, 3.63) is 11.7 Å². The summed E-state index contributed by atoms with van der Waals surface area (Å²) in [6, 6.07) is 0.0448. The molecule has 2 rings (SSSR count). The Labute approximate surface area is 118 Å². The number of amides is 1. The number of rotatable bonds is 6. The number of hydrogen-bond acceptors (Lipinski definition) is 5. The zero-order chi connectivity index (χ0) is 14.8. The second-order valence-corrected chi connectivity index (χ2v) is 6.05. The highest BCUT2D eigenvalue weighted by atomic mass is 16.5. The van der Waals surface area contributed by atoms with Crippen molar-refractivity contribution >= 4 is 5.91 Å². The molecular weight excluding hydrogens is 258 g/mol. The summed E-state index contributed by atoms with van der Waals surface area (Å²) in [6.45, 7) is 5.97. The third-order valence-corrected chi connectivity index (χ3v) is 4.10. The van der Waals surface area contributed by atoms with Gasteiger partial charge in [0, 0.05) is 30.7 Å². The minimum Gasteiger partial charge on any atom is -0.392 e. The molecule has 1 aliphatic carbocycles. The molecule has 0 radical (unpaired) electrons. The van der Waals surface area contributed by atoms with Crippen LogP contribution in [0.4, 0.5) is 0 Å². The van der Waals surface area contributed by atoms with E-state index in [1.807, 2.05) is 13.8 Å². The fraction of sp³-hybridized carbons (Fsp3) is 0.786. The normalized spacial score (nSPS) is 24.2. The van der Waals surface area contributed by atoms with Gasteiger partial charge in [-0.3, -0.25) is 4.79 Å². The van der Waals surface area contributed by atoms with Gasteiger partial charge in [0.1, 0.15) is 0 Å². The molecule has 0 aliphatic heterocycles. The third-order valence-electron chi connectivity index (χ3n) is 4.10. The van der Waals surface area contributed by atoms with Crippen molar-refractivity contribution in [3.63, 3.8) is 0 Å². The first-order chi connectivity index (χ1) is 9.43. The maximum absolute atomic E-state index is 11.9. The number of carbonyl (C=O) groups is 1. The Morgan fingerprint density at radius 3 is 2.85 bits per heavy atom. The van der Waals surface area contributed by atoms with Crippen molar-refractivity contribution in [1.82, 2.24) is 15.5 Å². The van der Waals surface area contributed by atoms with Crippen molar-refractivity contribution in [2.75, 3.05) is 0 Å². The molecule has 6 nitrogen and oxygen atoms in total. The fourth-order valence-corrected chi connectivity index (χ4v) is 2.35. The summed E-state index contributed by atoms with van der Waals surface area (Å²) in [6.07, 6.45) is 2.84. The van der Waals surface area contributed by atoms with Gasteiger partial charge in [0.15, 0.2) is 5.82 Å². The summed E-state index contributed by atoms with van der Waals surface area (Å²) in [5.74, 6) is 1.17. The average molecular weight is 281 g/mol. The van der Waals surface area contributed by atoms with Crippen molar-refractivity contribution in [2.45, 2.75) is 65.0 Å². The summed E-state index contributed by atoms with van der Waals surface area (Å²) in [5, 5.41) is 16.4. The van der Waals surface area contributed by atoms with E-state index in [1.165, 1.54) is 0 Å². The topological polar surface area (TPSA) is 88.2 Å². The second kappa shape index (κ2) is 5.91. The Balaban J connectivity index is 1.75. The van der Waals surface area contributed by atoms with Crippen molar-refractivity contribution < 1.29 is 14.4 Å². The fourth-order valence-electron chi connectivity index (χ4n) is 2.35. The van der Waals surface area contributed by atoms with E-state index in [0.717, 1.165) is 12.8 Å². The number of carbonyl (C=O) groups excluding carboxylic acids is 1. The molecule has 2 N–H and O–H groups in total. The summed E-state index contributed by atoms with van der Waals surface area (Å²) in [7, 11) is 0. The highest BCUT2D eigenvalue weighted by molar-refractivity contribution is 5.76. The number of aromatic nitrogens is 2. The number of nitrogens with zero attached hydrogens (tertiary/aromatic N) is 2. The Morgan fingerprint density at radius 1 is 1.50 bits per heavy atom. The molecule has 2 atom stereocenters. The van der Waals surface area contributed by atoms with Crippen LogP contribution in [0.1, 0.15) is 51.7 Å². The van der Waals surface area contributed by atoms with Gasteiger partial charge in [0.05, 0.1) is 6.10 Å². The molecule has 6 heteroatoms. The Bertz CT molecular complexity index is 470. The highest BCUT2D eigenvalue weighted by Gasteiger charge is 2.47. The molecule has 1 aliphatic rings. The maximum atomic E-state index is 11.9. The van der Waals surface area contributed by atoms with Gasteiger partial charge < -0.3 is 14.9 Å². The summed E-state index contributed by atoms with van der Waals surface area (Å²) < 4.78 is 5.09. The van der Waals surface area contributed by atoms with Crippen LogP contribution in [0.2, 0.25) is 0 Å². The van der Waals surface area contributed by atoms with Crippen molar-refractivity contribution in [2.24, 2.45) is 5.41 Å². The number of aliphatic hydroxyl groups is 1. The lowest BCUT2D eigenvalue weighted by Crippen LogP contribution is -2.61. The van der Waals surface area contributed by atoms with Gasteiger partial charge in [-0.2, -0.15) is 4.98 Å². The smallest absolute Gasteiger partial charge is 0.227 e. The van der Waals surface area contributed by atoms with Crippen LogP contribution in [-0.2, 0) is 17.6 Å². The summed E-state index contributed by atoms with van der Waals surface area (Å²) in [5.41, 5.74) is -0.242. The summed E-state index contributed by atoms with van der Waals surface area (Å²) >= 11 is 0. The predicted octanol–water partition coefficient (Wildman–Crippen LogP) is 1.23. The minimum absolute atomic E-state index is 0.0368. The van der Waals surface area contributed by atoms with E-state index in [0.29, 0.717) is 31.0 Å². The third kappa shape index (κ3) is 3.17. The number of nitrogens with one attached hydrogen (secondary N) is 1. The minimum atomic E-state index is -0.333. The molecule has 112 valence electrons. The molecule has 0 bridgehead atoms. The van der Waals surface area contributed by atoms with E-state index in [9.17, 15) is 9.90 Å². The molecule has 20 heavy (non-hydrogen) atoms. The molecule has 1 aromatic rings. The van der Waals surface area contributed by atoms with E-state index in [-0.39, 0.29) is 23.5 Å². The van der Waals surface area contributed by atoms with E-state index in [1.54, 1.807) is 0 Å². The predicted molar refractivity (Wildman–Crippen MR) is 72.9 cm³/mol. The van der Waals surface area contributed by atoms with E-state index in [2.05, 4.69) is 22.4 Å². The second-order valence-electron chi connectivity index (χ2n) is 6.05. The molecule has 1 fully saturated rings. The lowest BCUT2D eigenvalue weighted by atomic mass is 9.64. The first-order valence-corrected chi connectivity index (χ1v) is 7.22. The first-order valence-electron chi connectivity index (χ1n) is 7.22. The van der Waals surface area contributed by atoms with E-state index in [4.69, 9.17) is 4.52 Å². The van der Waals surface area contributed by atoms with Gasteiger partial charge in [0.2, 0.25) is 11.8 Å². The highest BCUT2D eigenvalue weighted by Crippen LogP contribution is 2.40. The van der Waals surface area contributed by atoms with Crippen molar-refractivity contribution in [1.29, 1.82) is 0 Å². The lowest BCUT2D eigenvalue weighted by molar-refractivity contribution is -0.129. The Kier molecular flexibility index (Phi) is 4.42. The van der Waals surface area contributed by atoms with Crippen LogP contribution in [0.25, 0.3) is 0 Å².